The summed E-state index contributed by atoms with van der Waals surface area (Å²) in [6.07, 6.45) is 4.25. The van der Waals surface area contributed by atoms with Crippen LogP contribution < -0.4 is 5.32 Å². The first kappa shape index (κ1) is 21.5. The summed E-state index contributed by atoms with van der Waals surface area (Å²) in [6, 6.07) is 14.0. The minimum Gasteiger partial charge on any atom is -0.373 e. The lowest BCUT2D eigenvalue weighted by molar-refractivity contribution is -0.0354. The lowest BCUT2D eigenvalue weighted by atomic mass is 9.88. The zero-order chi connectivity index (χ0) is 23.9. The van der Waals surface area contributed by atoms with E-state index in [4.69, 9.17) is 4.74 Å². The normalized spacial score (nSPS) is 19.2. The lowest BCUT2D eigenvalue weighted by Crippen LogP contribution is -2.33. The fourth-order valence-corrected chi connectivity index (χ4v) is 4.53. The highest BCUT2D eigenvalue weighted by molar-refractivity contribution is 6.05. The van der Waals surface area contributed by atoms with Crippen molar-refractivity contribution in [2.24, 2.45) is 0 Å². The molecule has 3 aromatic heterocycles. The molecule has 2 aliphatic heterocycles. The Balaban J connectivity index is 1.38. The summed E-state index contributed by atoms with van der Waals surface area (Å²) in [5.74, 6) is 0.828. The molecule has 0 spiro atoms. The van der Waals surface area contributed by atoms with E-state index >= 15 is 0 Å². The number of anilines is 1. The van der Waals surface area contributed by atoms with Gasteiger partial charge in [0.2, 0.25) is 0 Å². The summed E-state index contributed by atoms with van der Waals surface area (Å²) >= 11 is 0. The van der Waals surface area contributed by atoms with E-state index in [1.54, 1.807) is 24.4 Å². The average molecular weight is 473 g/mol. The van der Waals surface area contributed by atoms with Crippen LogP contribution in [0.2, 0.25) is 0 Å². The van der Waals surface area contributed by atoms with Crippen LogP contribution in [0, 0.1) is 0 Å². The van der Waals surface area contributed by atoms with Crippen LogP contribution in [0.25, 0.3) is 22.6 Å². The fourth-order valence-electron chi connectivity index (χ4n) is 4.53. The Bertz CT molecular complexity index is 1400. The predicted molar refractivity (Wildman–Crippen MR) is 125 cm³/mol. The van der Waals surface area contributed by atoms with Gasteiger partial charge in [-0.25, -0.2) is 18.7 Å². The van der Waals surface area contributed by atoms with Gasteiger partial charge in [0.05, 0.1) is 12.7 Å². The number of benzene rings is 1. The number of pyridine rings is 2. The van der Waals surface area contributed by atoms with Gasteiger partial charge in [0.1, 0.15) is 17.2 Å². The van der Waals surface area contributed by atoms with Gasteiger partial charge in [0.15, 0.2) is 5.82 Å². The van der Waals surface area contributed by atoms with Gasteiger partial charge < -0.3 is 14.6 Å². The molecule has 1 aromatic carbocycles. The van der Waals surface area contributed by atoms with Crippen molar-refractivity contribution in [3.63, 3.8) is 0 Å². The monoisotopic (exact) mass is 473 g/mol. The Hall–Kier alpha value is -3.98. The molecule has 1 N–H and O–H groups in total. The Labute approximate surface area is 199 Å². The highest BCUT2D eigenvalue weighted by Crippen LogP contribution is 2.38. The van der Waals surface area contributed by atoms with Crippen molar-refractivity contribution in [1.29, 1.82) is 0 Å². The number of halogens is 2. The van der Waals surface area contributed by atoms with Gasteiger partial charge >= 0.3 is 0 Å². The number of nitrogens with zero attached hydrogens (tertiary/aromatic N) is 4. The van der Waals surface area contributed by atoms with Gasteiger partial charge in [-0.1, -0.05) is 24.3 Å². The van der Waals surface area contributed by atoms with Crippen LogP contribution in [0.4, 0.5) is 14.6 Å². The zero-order valence-electron chi connectivity index (χ0n) is 18.6. The largest absolute Gasteiger partial charge is 0.373 e. The summed E-state index contributed by atoms with van der Waals surface area (Å²) < 4.78 is 34.0. The third-order valence-corrected chi connectivity index (χ3v) is 6.52. The van der Waals surface area contributed by atoms with Crippen molar-refractivity contribution in [2.45, 2.75) is 38.0 Å². The molecular formula is C26H21F2N5O2. The van der Waals surface area contributed by atoms with Crippen LogP contribution in [0.3, 0.4) is 0 Å². The molecule has 4 aromatic rings. The Morgan fingerprint density at radius 3 is 2.71 bits per heavy atom. The number of aromatic nitrogens is 4. The predicted octanol–water partition coefficient (Wildman–Crippen LogP) is 5.43. The van der Waals surface area contributed by atoms with Crippen molar-refractivity contribution in [2.75, 3.05) is 5.32 Å². The van der Waals surface area contributed by atoms with E-state index in [9.17, 15) is 13.6 Å². The SMILES string of the molecule is O=C1Nc2cccc(n2)-c2nccn2C2CC(C2)OCc2ccc(-c3ccc(C(F)F)nc3)cc21. The molecule has 5 heterocycles. The molecule has 0 saturated heterocycles. The van der Waals surface area contributed by atoms with E-state index in [2.05, 4.69) is 24.8 Å². The van der Waals surface area contributed by atoms with Crippen LogP contribution in [-0.2, 0) is 11.3 Å². The molecule has 1 aliphatic carbocycles. The highest BCUT2D eigenvalue weighted by Gasteiger charge is 2.33. The zero-order valence-corrected chi connectivity index (χ0v) is 18.6. The molecule has 1 fully saturated rings. The number of hydrogen-bond acceptors (Lipinski definition) is 5. The standard InChI is InChI=1S/C26H21F2N5O2/c27-24(28)21-7-6-16(13-30-21)15-4-5-17-14-35-19-11-18(12-19)33-9-8-29-25(33)22-2-1-3-23(31-22)32-26(34)20(17)10-15/h1-10,13,18-19,24H,11-12,14H2,(H,31,32,34). The number of imidazole rings is 1. The molecule has 7 nitrogen and oxygen atoms in total. The maximum Gasteiger partial charge on any atom is 0.280 e. The molecule has 0 unspecified atom stereocenters. The van der Waals surface area contributed by atoms with Crippen molar-refractivity contribution in [3.05, 3.63) is 83.9 Å². The fraction of sp³-hybridized carbons (Fsp3) is 0.231. The third kappa shape index (κ3) is 4.08. The van der Waals surface area contributed by atoms with Gasteiger partial charge in [-0.3, -0.25) is 9.78 Å². The van der Waals surface area contributed by atoms with Crippen molar-refractivity contribution in [1.82, 2.24) is 19.5 Å². The molecule has 35 heavy (non-hydrogen) atoms. The molecule has 3 aliphatic rings. The van der Waals surface area contributed by atoms with Gasteiger partial charge in [0, 0.05) is 35.8 Å². The maximum absolute atomic E-state index is 13.4. The minimum absolute atomic E-state index is 0.0826. The van der Waals surface area contributed by atoms with E-state index in [0.29, 0.717) is 28.2 Å². The number of alkyl halides is 2. The minimum atomic E-state index is -2.64. The van der Waals surface area contributed by atoms with Crippen LogP contribution >= 0.6 is 0 Å². The summed E-state index contributed by atoms with van der Waals surface area (Å²) in [6.45, 7) is 0.285. The van der Waals surface area contributed by atoms with E-state index < -0.39 is 6.43 Å². The van der Waals surface area contributed by atoms with Crippen molar-refractivity contribution < 1.29 is 18.3 Å². The quantitative estimate of drug-likeness (QED) is 0.420. The first-order valence-electron chi connectivity index (χ1n) is 11.4. The molecule has 176 valence electrons. The molecule has 0 radical (unpaired) electrons. The number of hydrogen-bond donors (Lipinski definition) is 1. The summed E-state index contributed by atoms with van der Waals surface area (Å²) in [5, 5.41) is 2.88. The second-order valence-corrected chi connectivity index (χ2v) is 8.72. The Morgan fingerprint density at radius 2 is 1.91 bits per heavy atom. The average Bonchev–Trinajstić information content (AvgIpc) is 3.32. The number of carbonyl (C=O) groups is 1. The number of nitrogens with one attached hydrogen (secondary N) is 1. The Morgan fingerprint density at radius 1 is 1.06 bits per heavy atom. The smallest absolute Gasteiger partial charge is 0.280 e. The second-order valence-electron chi connectivity index (χ2n) is 8.72. The molecule has 9 heteroatoms. The van der Waals surface area contributed by atoms with Crippen molar-refractivity contribution >= 4 is 11.7 Å². The Kier molecular flexibility index (Phi) is 5.33. The number of amides is 1. The van der Waals surface area contributed by atoms with Gasteiger partial charge in [-0.15, -0.1) is 0 Å². The molecule has 4 bridgehead atoms. The third-order valence-electron chi connectivity index (χ3n) is 6.52. The van der Waals surface area contributed by atoms with Gasteiger partial charge in [-0.2, -0.15) is 0 Å². The first-order chi connectivity index (χ1) is 17.0. The molecule has 1 saturated carbocycles. The number of fused-ring (bicyclic) bond motifs is 2. The second kappa shape index (κ2) is 8.66. The lowest BCUT2D eigenvalue weighted by Gasteiger charge is -2.37. The van der Waals surface area contributed by atoms with Crippen LogP contribution in [0.5, 0.6) is 0 Å². The van der Waals surface area contributed by atoms with Crippen molar-refractivity contribution in [3.8, 4) is 22.6 Å². The molecule has 0 atom stereocenters. The summed E-state index contributed by atoms with van der Waals surface area (Å²) in [4.78, 5) is 26.3. The van der Waals surface area contributed by atoms with Crippen LogP contribution in [-0.4, -0.2) is 31.5 Å². The van der Waals surface area contributed by atoms with E-state index in [1.807, 2.05) is 30.5 Å². The molecular weight excluding hydrogens is 452 g/mol. The van der Waals surface area contributed by atoms with Gasteiger partial charge in [-0.05, 0) is 48.2 Å². The number of ether oxygens (including phenoxy) is 1. The van der Waals surface area contributed by atoms with E-state index in [0.717, 1.165) is 24.2 Å². The molecule has 7 rings (SSSR count). The maximum atomic E-state index is 13.4. The van der Waals surface area contributed by atoms with E-state index in [-0.39, 0.29) is 30.4 Å². The number of rotatable bonds is 2. The summed E-state index contributed by atoms with van der Waals surface area (Å²) in [7, 11) is 0. The van der Waals surface area contributed by atoms with E-state index in [1.165, 1.54) is 12.3 Å². The first-order valence-corrected chi connectivity index (χ1v) is 11.4. The van der Waals surface area contributed by atoms with Crippen LogP contribution in [0.15, 0.2) is 67.1 Å². The number of carbonyl (C=O) groups excluding carboxylic acids is 1. The van der Waals surface area contributed by atoms with Crippen LogP contribution in [0.1, 0.15) is 46.9 Å². The topological polar surface area (TPSA) is 81.9 Å². The van der Waals surface area contributed by atoms with Gasteiger partial charge in [0.25, 0.3) is 12.3 Å². The highest BCUT2D eigenvalue weighted by atomic mass is 19.3. The molecule has 1 amide bonds. The summed E-state index contributed by atoms with van der Waals surface area (Å²) in [5.41, 5.74) is 2.89.